The molecule has 9 heteroatoms. The molecule has 0 atom stereocenters. The summed E-state index contributed by atoms with van der Waals surface area (Å²) in [7, 11) is 0. The molecule has 1 aromatic rings. The van der Waals surface area contributed by atoms with Crippen LogP contribution in [-0.4, -0.2) is 18.1 Å². The zero-order chi connectivity index (χ0) is 16.2. The Hall–Kier alpha value is -1.82. The molecule has 0 bridgehead atoms. The van der Waals surface area contributed by atoms with Crippen LogP contribution in [0.2, 0.25) is 0 Å². The maximum absolute atomic E-state index is 12.9. The van der Waals surface area contributed by atoms with E-state index in [1.165, 1.54) is 13.0 Å². The second-order valence-corrected chi connectivity index (χ2v) is 4.70. The van der Waals surface area contributed by atoms with Crippen molar-refractivity contribution in [2.75, 3.05) is 6.61 Å². The molecule has 0 aliphatic rings. The minimum Gasteiger partial charge on any atom is -0.462 e. The van der Waals surface area contributed by atoms with Crippen molar-refractivity contribution in [2.24, 2.45) is 0 Å². The second-order valence-electron chi connectivity index (χ2n) is 3.62. The summed E-state index contributed by atoms with van der Waals surface area (Å²) in [4.78, 5) is 10.7. The Morgan fingerprint density at radius 2 is 2.05 bits per heavy atom. The van der Waals surface area contributed by atoms with Crippen molar-refractivity contribution in [1.82, 2.24) is 0 Å². The first-order valence-electron chi connectivity index (χ1n) is 5.48. The van der Waals surface area contributed by atoms with Crippen molar-refractivity contribution in [3.05, 3.63) is 28.8 Å². The van der Waals surface area contributed by atoms with Gasteiger partial charge in [0.05, 0.1) is 23.8 Å². The molecule has 0 fully saturated rings. The molecule has 0 saturated heterocycles. The number of hydrogen-bond acceptors (Lipinski definition) is 4. The Labute approximate surface area is 120 Å². The highest BCUT2D eigenvalue weighted by Gasteiger charge is 2.35. The predicted molar refractivity (Wildman–Crippen MR) is 64.0 cm³/mol. The molecule has 0 heterocycles. The number of ether oxygens (including phenoxy) is 1. The number of esters is 1. The Bertz CT molecular complexity index is 580. The number of thioether (sulfide) groups is 1. The second kappa shape index (κ2) is 6.76. The lowest BCUT2D eigenvalue weighted by Gasteiger charge is -2.15. The highest BCUT2D eigenvalue weighted by molar-refractivity contribution is 8.00. The van der Waals surface area contributed by atoms with Crippen molar-refractivity contribution in [3.8, 4) is 6.07 Å². The third-order valence-corrected chi connectivity index (χ3v) is 3.09. The van der Waals surface area contributed by atoms with Gasteiger partial charge in [-0.05, 0) is 30.8 Å². The largest absolute Gasteiger partial charge is 0.462 e. The van der Waals surface area contributed by atoms with Crippen molar-refractivity contribution < 1.29 is 31.5 Å². The first-order chi connectivity index (χ1) is 9.69. The van der Waals surface area contributed by atoms with Crippen LogP contribution in [0.25, 0.3) is 0 Å². The normalized spacial score (nSPS) is 11.3. The van der Waals surface area contributed by atoms with Gasteiger partial charge in [0, 0.05) is 10.5 Å². The standard InChI is InChI=1S/C12H8F5NO2S/c1-2-20-11(19)8-4-6(5-18)3-7(10(13)14)9(8)21-12(15,16)17/h3-4,10H,2H2,1H3. The monoisotopic (exact) mass is 325 g/mol. The van der Waals surface area contributed by atoms with E-state index in [0.717, 1.165) is 6.07 Å². The van der Waals surface area contributed by atoms with Gasteiger partial charge in [-0.2, -0.15) is 18.4 Å². The maximum Gasteiger partial charge on any atom is 0.446 e. The van der Waals surface area contributed by atoms with Crippen LogP contribution in [0.5, 0.6) is 0 Å². The minimum atomic E-state index is -4.86. The zero-order valence-electron chi connectivity index (χ0n) is 10.5. The molecule has 0 N–H and O–H groups in total. The average Bonchev–Trinajstić information content (AvgIpc) is 2.36. The summed E-state index contributed by atoms with van der Waals surface area (Å²) in [5.41, 5.74) is -6.94. The Balaban J connectivity index is 3.53. The minimum absolute atomic E-state index is 0.143. The van der Waals surface area contributed by atoms with Gasteiger partial charge in [-0.3, -0.25) is 0 Å². The summed E-state index contributed by atoms with van der Waals surface area (Å²) >= 11 is -0.835. The highest BCUT2D eigenvalue weighted by atomic mass is 32.2. The summed E-state index contributed by atoms with van der Waals surface area (Å²) in [6.45, 7) is 1.27. The number of nitrogens with zero attached hydrogens (tertiary/aromatic N) is 1. The molecule has 0 aromatic heterocycles. The zero-order valence-corrected chi connectivity index (χ0v) is 11.3. The fourth-order valence-corrected chi connectivity index (χ4v) is 2.22. The van der Waals surface area contributed by atoms with Crippen LogP contribution in [0, 0.1) is 11.3 Å². The van der Waals surface area contributed by atoms with Gasteiger partial charge in [0.1, 0.15) is 0 Å². The van der Waals surface area contributed by atoms with Crippen molar-refractivity contribution >= 4 is 17.7 Å². The summed E-state index contributed by atoms with van der Waals surface area (Å²) in [6, 6.07) is 2.95. The number of nitriles is 1. The first-order valence-corrected chi connectivity index (χ1v) is 6.30. The molecule has 1 rings (SSSR count). The van der Waals surface area contributed by atoms with Gasteiger partial charge in [0.25, 0.3) is 6.43 Å². The van der Waals surface area contributed by atoms with Crippen LogP contribution in [0.1, 0.15) is 34.8 Å². The molecule has 0 radical (unpaired) electrons. The Morgan fingerprint density at radius 3 is 2.48 bits per heavy atom. The van der Waals surface area contributed by atoms with Gasteiger partial charge in [-0.1, -0.05) is 0 Å². The van der Waals surface area contributed by atoms with Crippen LogP contribution in [0.15, 0.2) is 17.0 Å². The Kier molecular flexibility index (Phi) is 5.54. The molecule has 3 nitrogen and oxygen atoms in total. The van der Waals surface area contributed by atoms with Crippen LogP contribution in [-0.2, 0) is 4.74 Å². The molecule has 0 unspecified atom stereocenters. The van der Waals surface area contributed by atoms with Crippen LogP contribution < -0.4 is 0 Å². The summed E-state index contributed by atoms with van der Waals surface area (Å²) in [6.07, 6.45) is -3.27. The SMILES string of the molecule is CCOC(=O)c1cc(C#N)cc(C(F)F)c1SC(F)(F)F. The molecular weight excluding hydrogens is 317 g/mol. The van der Waals surface area contributed by atoms with Crippen molar-refractivity contribution in [1.29, 1.82) is 5.26 Å². The predicted octanol–water partition coefficient (Wildman–Crippen LogP) is 4.28. The molecule has 0 aliphatic heterocycles. The smallest absolute Gasteiger partial charge is 0.446 e. The fraction of sp³-hybridized carbons (Fsp3) is 0.333. The molecule has 1 aromatic carbocycles. The number of benzene rings is 1. The number of halogens is 5. The Morgan fingerprint density at radius 1 is 1.43 bits per heavy atom. The topological polar surface area (TPSA) is 50.1 Å². The molecule has 0 spiro atoms. The van der Waals surface area contributed by atoms with Gasteiger partial charge in [0.2, 0.25) is 0 Å². The van der Waals surface area contributed by atoms with Gasteiger partial charge in [-0.15, -0.1) is 0 Å². The number of alkyl halides is 5. The summed E-state index contributed by atoms with van der Waals surface area (Å²) < 4.78 is 67.8. The van der Waals surface area contributed by atoms with Gasteiger partial charge < -0.3 is 4.74 Å². The van der Waals surface area contributed by atoms with E-state index in [-0.39, 0.29) is 12.2 Å². The first kappa shape index (κ1) is 17.2. The summed E-state index contributed by atoms with van der Waals surface area (Å²) in [5.74, 6) is -1.19. The van der Waals surface area contributed by atoms with E-state index >= 15 is 0 Å². The van der Waals surface area contributed by atoms with E-state index in [0.29, 0.717) is 6.07 Å². The number of carbonyl (C=O) groups excluding carboxylic acids is 1. The van der Waals surface area contributed by atoms with Crippen molar-refractivity contribution in [3.63, 3.8) is 0 Å². The third-order valence-electron chi connectivity index (χ3n) is 2.19. The van der Waals surface area contributed by atoms with Crippen LogP contribution in [0.4, 0.5) is 22.0 Å². The van der Waals surface area contributed by atoms with E-state index in [1.54, 1.807) is 0 Å². The van der Waals surface area contributed by atoms with E-state index in [4.69, 9.17) is 5.26 Å². The van der Waals surface area contributed by atoms with E-state index in [1.807, 2.05) is 0 Å². The molecule has 21 heavy (non-hydrogen) atoms. The summed E-state index contributed by atoms with van der Waals surface area (Å²) in [5, 5.41) is 8.73. The molecular formula is C12H8F5NO2S. The van der Waals surface area contributed by atoms with E-state index in [2.05, 4.69) is 4.74 Å². The van der Waals surface area contributed by atoms with E-state index < -0.39 is 45.7 Å². The number of rotatable bonds is 4. The van der Waals surface area contributed by atoms with Crippen molar-refractivity contribution in [2.45, 2.75) is 23.8 Å². The highest BCUT2D eigenvalue weighted by Crippen LogP contribution is 2.43. The number of hydrogen-bond donors (Lipinski definition) is 0. The van der Waals surface area contributed by atoms with Crippen LogP contribution >= 0.6 is 11.8 Å². The lowest BCUT2D eigenvalue weighted by atomic mass is 10.1. The third kappa shape index (κ3) is 4.60. The molecule has 0 amide bonds. The fourth-order valence-electron chi connectivity index (χ4n) is 1.47. The van der Waals surface area contributed by atoms with E-state index in [9.17, 15) is 26.7 Å². The number of carbonyl (C=O) groups is 1. The maximum atomic E-state index is 12.9. The van der Waals surface area contributed by atoms with Gasteiger partial charge in [0.15, 0.2) is 0 Å². The molecule has 0 aliphatic carbocycles. The molecule has 0 saturated carbocycles. The molecule has 114 valence electrons. The average molecular weight is 325 g/mol. The lowest BCUT2D eigenvalue weighted by molar-refractivity contribution is -0.0329. The van der Waals surface area contributed by atoms with Crippen LogP contribution in [0.3, 0.4) is 0 Å². The quantitative estimate of drug-likeness (QED) is 0.471. The van der Waals surface area contributed by atoms with Gasteiger partial charge in [-0.25, -0.2) is 13.6 Å². The lowest BCUT2D eigenvalue weighted by Crippen LogP contribution is -2.11. The van der Waals surface area contributed by atoms with Gasteiger partial charge >= 0.3 is 11.5 Å².